The fourth-order valence-electron chi connectivity index (χ4n) is 3.18. The van der Waals surface area contributed by atoms with E-state index in [1.807, 2.05) is 0 Å². The Kier molecular flexibility index (Phi) is 5.41. The number of alkyl halides is 2. The predicted octanol–water partition coefficient (Wildman–Crippen LogP) is 1.03. The van der Waals surface area contributed by atoms with E-state index in [4.69, 9.17) is 14.2 Å². The first-order valence-corrected chi connectivity index (χ1v) is 8.26. The van der Waals surface area contributed by atoms with Crippen LogP contribution in [0.25, 0.3) is 0 Å². The lowest BCUT2D eigenvalue weighted by atomic mass is 10.00. The van der Waals surface area contributed by atoms with Crippen LogP contribution in [0.4, 0.5) is 18.9 Å². The van der Waals surface area contributed by atoms with Crippen molar-refractivity contribution in [1.82, 2.24) is 4.90 Å². The zero-order valence-corrected chi connectivity index (χ0v) is 14.6. The third kappa shape index (κ3) is 4.07. The van der Waals surface area contributed by atoms with Crippen molar-refractivity contribution in [2.24, 2.45) is 0 Å². The van der Waals surface area contributed by atoms with E-state index in [-0.39, 0.29) is 45.1 Å². The Morgan fingerprint density at radius 3 is 2.63 bits per heavy atom. The second-order valence-corrected chi connectivity index (χ2v) is 6.47. The van der Waals surface area contributed by atoms with Crippen molar-refractivity contribution in [2.75, 3.05) is 51.5 Å². The molecule has 148 valence electrons. The maximum Gasteiger partial charge on any atom is 0.437 e. The van der Waals surface area contributed by atoms with E-state index in [0.717, 1.165) is 17.0 Å². The molecule has 10 heteroatoms. The van der Waals surface area contributed by atoms with E-state index in [0.29, 0.717) is 0 Å². The molecule has 2 fully saturated rings. The molecular formula is C17H19F3N2O5. The normalized spacial score (nSPS) is 25.6. The van der Waals surface area contributed by atoms with Gasteiger partial charge in [0.25, 0.3) is 0 Å². The number of ether oxygens (including phenoxy) is 3. The van der Waals surface area contributed by atoms with Gasteiger partial charge in [-0.3, -0.25) is 14.3 Å². The predicted molar refractivity (Wildman–Crippen MR) is 86.8 cm³/mol. The van der Waals surface area contributed by atoms with Crippen molar-refractivity contribution in [1.29, 1.82) is 0 Å². The molecule has 2 aliphatic heterocycles. The van der Waals surface area contributed by atoms with E-state index in [2.05, 4.69) is 0 Å². The highest BCUT2D eigenvalue weighted by molar-refractivity contribution is 5.98. The quantitative estimate of drug-likeness (QED) is 0.774. The number of halogens is 3. The Morgan fingerprint density at radius 1 is 1.26 bits per heavy atom. The fourth-order valence-corrected chi connectivity index (χ4v) is 3.18. The lowest BCUT2D eigenvalue weighted by Crippen LogP contribution is -2.66. The Morgan fingerprint density at radius 2 is 1.96 bits per heavy atom. The van der Waals surface area contributed by atoms with Crippen LogP contribution in [0.1, 0.15) is 0 Å². The Hall–Kier alpha value is -2.17. The van der Waals surface area contributed by atoms with Crippen LogP contribution in [-0.2, 0) is 23.8 Å². The molecule has 1 unspecified atom stereocenters. The zero-order valence-electron chi connectivity index (χ0n) is 14.6. The number of carbonyl (C=O) groups excluding carboxylic acids is 2. The molecule has 0 radical (unpaired) electrons. The van der Waals surface area contributed by atoms with E-state index < -0.39 is 29.3 Å². The molecule has 2 amide bonds. The summed E-state index contributed by atoms with van der Waals surface area (Å²) in [6.45, 7) is -0.600. The minimum Gasteiger partial charge on any atom is -0.376 e. The molecule has 1 aromatic rings. The van der Waals surface area contributed by atoms with Gasteiger partial charge < -0.3 is 19.3 Å². The largest absolute Gasteiger partial charge is 0.437 e. The number of rotatable bonds is 3. The van der Waals surface area contributed by atoms with Gasteiger partial charge in [-0.2, -0.15) is 8.78 Å². The van der Waals surface area contributed by atoms with Gasteiger partial charge >= 0.3 is 12.0 Å². The zero-order chi connectivity index (χ0) is 19.7. The number of nitrogens with zero attached hydrogens (tertiary/aromatic N) is 2. The van der Waals surface area contributed by atoms with Crippen molar-refractivity contribution in [3.05, 3.63) is 30.1 Å². The Bertz CT molecular complexity index is 715. The molecule has 0 saturated carbocycles. The molecule has 1 aromatic carbocycles. The Balaban J connectivity index is 1.92. The van der Waals surface area contributed by atoms with Gasteiger partial charge in [-0.15, -0.1) is 0 Å². The van der Waals surface area contributed by atoms with Crippen molar-refractivity contribution >= 4 is 17.5 Å². The molecule has 0 bridgehead atoms. The first kappa shape index (κ1) is 19.6. The highest BCUT2D eigenvalue weighted by atomic mass is 19.3. The molecule has 7 nitrogen and oxygen atoms in total. The average molecular weight is 388 g/mol. The second-order valence-electron chi connectivity index (χ2n) is 6.47. The van der Waals surface area contributed by atoms with Crippen LogP contribution in [0.3, 0.4) is 0 Å². The van der Waals surface area contributed by atoms with Crippen molar-refractivity contribution in [3.8, 4) is 0 Å². The monoisotopic (exact) mass is 388 g/mol. The summed E-state index contributed by atoms with van der Waals surface area (Å²) in [5.74, 6) is -2.52. The highest BCUT2D eigenvalue weighted by Gasteiger charge is 2.58. The molecule has 27 heavy (non-hydrogen) atoms. The van der Waals surface area contributed by atoms with Gasteiger partial charge in [0, 0.05) is 19.3 Å². The summed E-state index contributed by atoms with van der Waals surface area (Å²) in [6.07, 6.45) is -4.11. The number of carbonyl (C=O) groups is 2. The molecule has 0 N–H and O–H groups in total. The molecule has 0 aromatic heterocycles. The number of benzene rings is 1. The van der Waals surface area contributed by atoms with Crippen LogP contribution < -0.4 is 4.90 Å². The van der Waals surface area contributed by atoms with Gasteiger partial charge in [-0.1, -0.05) is 0 Å². The number of amides is 2. The van der Waals surface area contributed by atoms with Crippen LogP contribution in [0.15, 0.2) is 24.3 Å². The van der Waals surface area contributed by atoms with Gasteiger partial charge in [0.2, 0.25) is 5.91 Å². The van der Waals surface area contributed by atoms with Gasteiger partial charge in [0.15, 0.2) is 0 Å². The summed E-state index contributed by atoms with van der Waals surface area (Å²) >= 11 is 0. The smallest absolute Gasteiger partial charge is 0.376 e. The van der Waals surface area contributed by atoms with Gasteiger partial charge in [-0.25, -0.2) is 4.39 Å². The summed E-state index contributed by atoms with van der Waals surface area (Å²) in [6, 6.07) is 4.60. The molecule has 1 atom stereocenters. The van der Waals surface area contributed by atoms with E-state index >= 15 is 0 Å². The molecule has 0 aliphatic carbocycles. The first-order valence-electron chi connectivity index (χ1n) is 8.26. The Labute approximate surface area is 153 Å². The van der Waals surface area contributed by atoms with Crippen LogP contribution >= 0.6 is 0 Å². The first-order chi connectivity index (χ1) is 12.8. The summed E-state index contributed by atoms with van der Waals surface area (Å²) in [4.78, 5) is 26.5. The maximum atomic E-state index is 14.4. The number of methoxy groups -OCH3 is 1. The third-order valence-electron chi connectivity index (χ3n) is 4.39. The lowest BCUT2D eigenvalue weighted by Gasteiger charge is -2.45. The highest BCUT2D eigenvalue weighted by Crippen LogP contribution is 2.36. The minimum atomic E-state index is -4.11. The number of hydrogen-bond donors (Lipinski definition) is 0. The summed E-state index contributed by atoms with van der Waals surface area (Å²) in [5, 5.41) is 0. The van der Waals surface area contributed by atoms with Crippen molar-refractivity contribution < 1.29 is 37.0 Å². The topological polar surface area (TPSA) is 68.3 Å². The third-order valence-corrected chi connectivity index (χ3v) is 4.39. The second kappa shape index (κ2) is 7.45. The molecule has 3 rings (SSSR count). The summed E-state index contributed by atoms with van der Waals surface area (Å²) in [5.41, 5.74) is -1.53. The SMILES string of the molecule is COCC(=O)N1CCOCC2(C1)CN(c1ccc(F)cc1)C(=O)C(F)(F)O2. The fraction of sp³-hybridized carbons (Fsp3) is 0.529. The van der Waals surface area contributed by atoms with Crippen LogP contribution in [-0.4, -0.2) is 75.0 Å². The number of anilines is 1. The number of morpholine rings is 1. The maximum absolute atomic E-state index is 14.4. The van der Waals surface area contributed by atoms with Crippen LogP contribution in [0.2, 0.25) is 0 Å². The summed E-state index contributed by atoms with van der Waals surface area (Å²) < 4.78 is 57.0. The van der Waals surface area contributed by atoms with Gasteiger partial charge in [0.1, 0.15) is 18.0 Å². The van der Waals surface area contributed by atoms with Gasteiger partial charge in [-0.05, 0) is 24.3 Å². The minimum absolute atomic E-state index is 0.0998. The van der Waals surface area contributed by atoms with Crippen molar-refractivity contribution in [3.63, 3.8) is 0 Å². The van der Waals surface area contributed by atoms with Crippen molar-refractivity contribution in [2.45, 2.75) is 11.7 Å². The van der Waals surface area contributed by atoms with E-state index in [1.165, 1.54) is 24.1 Å². The van der Waals surface area contributed by atoms with Crippen LogP contribution in [0.5, 0.6) is 0 Å². The molecule has 1 spiro atoms. The molecular weight excluding hydrogens is 369 g/mol. The van der Waals surface area contributed by atoms with Crippen LogP contribution in [0, 0.1) is 5.82 Å². The standard InChI is InChI=1S/C17H19F3N2O5/c1-25-8-14(23)21-6-7-26-11-16(9-21)10-22(15(24)17(19,20)27-16)13-4-2-12(18)3-5-13/h2-5H,6-11H2,1H3. The number of hydrogen-bond acceptors (Lipinski definition) is 5. The molecule has 2 aliphatic rings. The molecule has 2 saturated heterocycles. The van der Waals surface area contributed by atoms with E-state index in [9.17, 15) is 22.8 Å². The summed E-state index contributed by atoms with van der Waals surface area (Å²) in [7, 11) is 1.35. The average Bonchev–Trinajstić information content (AvgIpc) is 2.82. The molecule has 2 heterocycles. The van der Waals surface area contributed by atoms with Gasteiger partial charge in [0.05, 0.1) is 26.3 Å². The lowest BCUT2D eigenvalue weighted by molar-refractivity contribution is -0.293. The van der Waals surface area contributed by atoms with E-state index in [1.54, 1.807) is 0 Å².